The van der Waals surface area contributed by atoms with Gasteiger partial charge in [0.15, 0.2) is 6.10 Å². The van der Waals surface area contributed by atoms with Gasteiger partial charge in [0, 0.05) is 4.47 Å². The smallest absolute Gasteiger partial charge is 0.346 e. The molecule has 0 aromatic heterocycles. The van der Waals surface area contributed by atoms with Gasteiger partial charge in [0.1, 0.15) is 5.75 Å². The molecule has 0 spiro atoms. The third kappa shape index (κ3) is 3.50. The van der Waals surface area contributed by atoms with Crippen molar-refractivity contribution in [2.24, 2.45) is 0 Å². The van der Waals surface area contributed by atoms with Crippen LogP contribution in [-0.2, 0) is 9.53 Å². The second-order valence-electron chi connectivity index (χ2n) is 2.86. The van der Waals surface area contributed by atoms with E-state index in [1.807, 2.05) is 12.1 Å². The molecule has 0 aliphatic heterocycles. The lowest BCUT2D eigenvalue weighted by Gasteiger charge is -2.13. The van der Waals surface area contributed by atoms with Crippen LogP contribution in [0.5, 0.6) is 5.75 Å². The number of benzene rings is 1. The summed E-state index contributed by atoms with van der Waals surface area (Å²) < 4.78 is 11.7. The number of ether oxygens (including phenoxy) is 2. The van der Waals surface area contributed by atoms with E-state index in [1.165, 1.54) is 7.11 Å². The Morgan fingerprint density at radius 1 is 1.40 bits per heavy atom. The summed E-state index contributed by atoms with van der Waals surface area (Å²) in [6.45, 7) is 1.64. The molecule has 0 saturated heterocycles. The van der Waals surface area contributed by atoms with Crippen LogP contribution in [0.2, 0.25) is 0 Å². The van der Waals surface area contributed by atoms with Gasteiger partial charge in [0.25, 0.3) is 0 Å². The van der Waals surface area contributed by atoms with Crippen molar-refractivity contribution in [1.29, 1.82) is 0 Å². The first-order chi connectivity index (χ1) is 7.04. The number of methoxy groups -OCH3 is 1. The SMILES string of the molecule is COC(=O)C(C)Oc1ccc(Br)cc1Br. The van der Waals surface area contributed by atoms with Crippen LogP contribution in [-0.4, -0.2) is 19.2 Å². The van der Waals surface area contributed by atoms with E-state index in [0.717, 1.165) is 8.95 Å². The lowest BCUT2D eigenvalue weighted by Crippen LogP contribution is -2.25. The molecule has 1 aromatic carbocycles. The Bertz CT molecular complexity index is 366. The fourth-order valence-electron chi connectivity index (χ4n) is 0.975. The molecule has 1 unspecified atom stereocenters. The van der Waals surface area contributed by atoms with Gasteiger partial charge in [-0.3, -0.25) is 0 Å². The fraction of sp³-hybridized carbons (Fsp3) is 0.300. The van der Waals surface area contributed by atoms with Gasteiger partial charge in [0.05, 0.1) is 11.6 Å². The highest BCUT2D eigenvalue weighted by atomic mass is 79.9. The molecule has 0 radical (unpaired) electrons. The van der Waals surface area contributed by atoms with E-state index >= 15 is 0 Å². The number of rotatable bonds is 3. The molecule has 0 aliphatic carbocycles. The third-order valence-electron chi connectivity index (χ3n) is 1.73. The number of esters is 1. The molecule has 5 heteroatoms. The molecule has 3 nitrogen and oxygen atoms in total. The van der Waals surface area contributed by atoms with Crippen molar-refractivity contribution < 1.29 is 14.3 Å². The van der Waals surface area contributed by atoms with Gasteiger partial charge in [-0.25, -0.2) is 4.79 Å². The van der Waals surface area contributed by atoms with E-state index in [-0.39, 0.29) is 0 Å². The predicted molar refractivity (Wildman–Crippen MR) is 63.9 cm³/mol. The quantitative estimate of drug-likeness (QED) is 0.795. The molecule has 0 saturated carbocycles. The van der Waals surface area contributed by atoms with Gasteiger partial charge in [-0.2, -0.15) is 0 Å². The van der Waals surface area contributed by atoms with Crippen LogP contribution in [0, 0.1) is 0 Å². The zero-order chi connectivity index (χ0) is 11.4. The van der Waals surface area contributed by atoms with Gasteiger partial charge in [-0.1, -0.05) is 15.9 Å². The number of hydrogen-bond acceptors (Lipinski definition) is 3. The van der Waals surface area contributed by atoms with Gasteiger partial charge < -0.3 is 9.47 Å². The molecule has 15 heavy (non-hydrogen) atoms. The highest BCUT2D eigenvalue weighted by Gasteiger charge is 2.15. The molecular formula is C10H10Br2O3. The van der Waals surface area contributed by atoms with Gasteiger partial charge >= 0.3 is 5.97 Å². The van der Waals surface area contributed by atoms with Crippen LogP contribution in [0.15, 0.2) is 27.1 Å². The minimum Gasteiger partial charge on any atom is -0.478 e. The normalized spacial score (nSPS) is 12.0. The first-order valence-corrected chi connectivity index (χ1v) is 5.82. The van der Waals surface area contributed by atoms with Crippen molar-refractivity contribution >= 4 is 37.8 Å². The number of halogens is 2. The molecule has 0 aliphatic rings. The summed E-state index contributed by atoms with van der Waals surface area (Å²) in [7, 11) is 1.33. The van der Waals surface area contributed by atoms with E-state index in [2.05, 4.69) is 36.6 Å². The zero-order valence-electron chi connectivity index (χ0n) is 8.29. The minimum absolute atomic E-state index is 0.398. The molecule has 1 aromatic rings. The molecular weight excluding hydrogens is 328 g/mol. The monoisotopic (exact) mass is 336 g/mol. The maximum absolute atomic E-state index is 11.1. The van der Waals surface area contributed by atoms with E-state index in [9.17, 15) is 4.79 Å². The van der Waals surface area contributed by atoms with Crippen LogP contribution < -0.4 is 4.74 Å². The van der Waals surface area contributed by atoms with E-state index in [4.69, 9.17) is 4.74 Å². The summed E-state index contributed by atoms with van der Waals surface area (Å²) in [5.41, 5.74) is 0. The van der Waals surface area contributed by atoms with Crippen molar-refractivity contribution in [3.8, 4) is 5.75 Å². The first kappa shape index (κ1) is 12.5. The summed E-state index contributed by atoms with van der Waals surface area (Å²) in [6, 6.07) is 5.46. The molecule has 0 N–H and O–H groups in total. The third-order valence-corrected chi connectivity index (χ3v) is 2.84. The minimum atomic E-state index is -0.618. The molecule has 0 amide bonds. The van der Waals surface area contributed by atoms with Crippen LogP contribution in [0.1, 0.15) is 6.92 Å². The van der Waals surface area contributed by atoms with E-state index < -0.39 is 12.1 Å². The first-order valence-electron chi connectivity index (χ1n) is 4.24. The Hall–Kier alpha value is -0.550. The molecule has 1 rings (SSSR count). The van der Waals surface area contributed by atoms with Gasteiger partial charge in [-0.15, -0.1) is 0 Å². The lowest BCUT2D eigenvalue weighted by atomic mass is 10.3. The van der Waals surface area contributed by atoms with Gasteiger partial charge in [0.2, 0.25) is 0 Å². The molecule has 0 bridgehead atoms. The summed E-state index contributed by atoms with van der Waals surface area (Å²) in [5.74, 6) is 0.209. The Morgan fingerprint density at radius 3 is 2.60 bits per heavy atom. The Morgan fingerprint density at radius 2 is 2.07 bits per heavy atom. The summed E-state index contributed by atoms with van der Waals surface area (Å²) in [5, 5.41) is 0. The Labute approximate surface area is 105 Å². The molecule has 1 atom stereocenters. The highest BCUT2D eigenvalue weighted by molar-refractivity contribution is 9.11. The summed E-state index contributed by atoms with van der Waals surface area (Å²) >= 11 is 6.67. The van der Waals surface area contributed by atoms with Crippen molar-refractivity contribution in [2.75, 3.05) is 7.11 Å². The second kappa shape index (κ2) is 5.51. The van der Waals surface area contributed by atoms with Crippen LogP contribution in [0.25, 0.3) is 0 Å². The summed E-state index contributed by atoms with van der Waals surface area (Å²) in [4.78, 5) is 11.1. The number of hydrogen-bond donors (Lipinski definition) is 0. The second-order valence-corrected chi connectivity index (χ2v) is 4.63. The lowest BCUT2D eigenvalue weighted by molar-refractivity contribution is -0.147. The van der Waals surface area contributed by atoms with E-state index in [1.54, 1.807) is 13.0 Å². The van der Waals surface area contributed by atoms with Crippen molar-refractivity contribution in [2.45, 2.75) is 13.0 Å². The van der Waals surface area contributed by atoms with Crippen molar-refractivity contribution in [3.63, 3.8) is 0 Å². The van der Waals surface area contributed by atoms with Crippen molar-refractivity contribution in [3.05, 3.63) is 27.1 Å². The largest absolute Gasteiger partial charge is 0.478 e. The number of carbonyl (C=O) groups is 1. The standard InChI is InChI=1S/C10H10Br2O3/c1-6(10(13)14-2)15-9-4-3-7(11)5-8(9)12/h3-6H,1-2H3. The summed E-state index contributed by atoms with van der Waals surface area (Å²) in [6.07, 6.45) is -0.618. The highest BCUT2D eigenvalue weighted by Crippen LogP contribution is 2.28. The molecule has 82 valence electrons. The molecule has 0 heterocycles. The van der Waals surface area contributed by atoms with Crippen LogP contribution in [0.4, 0.5) is 0 Å². The fourth-order valence-corrected chi connectivity index (χ4v) is 2.12. The van der Waals surface area contributed by atoms with Crippen molar-refractivity contribution in [1.82, 2.24) is 0 Å². The average molecular weight is 338 g/mol. The van der Waals surface area contributed by atoms with E-state index in [0.29, 0.717) is 5.75 Å². The Kier molecular flexibility index (Phi) is 4.60. The average Bonchev–Trinajstić information content (AvgIpc) is 2.20. The van der Waals surface area contributed by atoms with Gasteiger partial charge in [-0.05, 0) is 41.1 Å². The van der Waals surface area contributed by atoms with Crippen LogP contribution >= 0.6 is 31.9 Å². The number of carbonyl (C=O) groups excluding carboxylic acids is 1. The maximum atomic E-state index is 11.1. The Balaban J connectivity index is 2.76. The van der Waals surface area contributed by atoms with Crippen LogP contribution in [0.3, 0.4) is 0 Å². The predicted octanol–water partition coefficient (Wildman–Crippen LogP) is 3.15. The zero-order valence-corrected chi connectivity index (χ0v) is 11.5. The molecule has 0 fully saturated rings. The maximum Gasteiger partial charge on any atom is 0.346 e. The topological polar surface area (TPSA) is 35.5 Å².